The van der Waals surface area contributed by atoms with Crippen molar-refractivity contribution in [2.75, 3.05) is 0 Å². The maximum absolute atomic E-state index is 10.9. The van der Waals surface area contributed by atoms with Gasteiger partial charge in [-0.2, -0.15) is 0 Å². The molecule has 1 aromatic heterocycles. The number of aromatic nitrogens is 1. The lowest BCUT2D eigenvalue weighted by molar-refractivity contribution is -0.384. The van der Waals surface area contributed by atoms with Gasteiger partial charge in [0.05, 0.1) is 16.3 Å². The number of non-ortho nitro benzene ring substituents is 1. The van der Waals surface area contributed by atoms with Crippen molar-refractivity contribution in [2.45, 2.75) is 6.54 Å². The number of rotatable bonds is 5. The van der Waals surface area contributed by atoms with E-state index >= 15 is 0 Å². The second kappa shape index (κ2) is 7.06. The molecule has 0 radical (unpaired) electrons. The van der Waals surface area contributed by atoms with Crippen LogP contribution in [0, 0.1) is 10.1 Å². The third-order valence-corrected chi connectivity index (χ3v) is 4.31. The van der Waals surface area contributed by atoms with Crippen molar-refractivity contribution in [1.29, 1.82) is 0 Å². The number of hydrogen-bond donors (Lipinski definition) is 0. The molecule has 0 aliphatic carbocycles. The Morgan fingerprint density at radius 3 is 2.71 bits per heavy atom. The molecule has 0 spiro atoms. The van der Waals surface area contributed by atoms with Gasteiger partial charge in [0.15, 0.2) is 4.80 Å². The summed E-state index contributed by atoms with van der Waals surface area (Å²) in [6, 6.07) is 16.4. The molecule has 0 unspecified atom stereocenters. The van der Waals surface area contributed by atoms with E-state index in [1.54, 1.807) is 12.1 Å². The van der Waals surface area contributed by atoms with Gasteiger partial charge in [0, 0.05) is 24.1 Å². The third-order valence-electron chi connectivity index (χ3n) is 3.44. The molecule has 0 saturated heterocycles. The number of nitro benzene ring substituents is 1. The van der Waals surface area contributed by atoms with Crippen LogP contribution in [0.4, 0.5) is 11.4 Å². The number of hydrogen-bond acceptors (Lipinski definition) is 4. The molecular weight excluding hydrogens is 322 g/mol. The van der Waals surface area contributed by atoms with Crippen molar-refractivity contribution >= 4 is 22.7 Å². The Balaban J connectivity index is 2.11. The van der Waals surface area contributed by atoms with Crippen LogP contribution in [0.3, 0.4) is 0 Å². The molecule has 0 amide bonds. The van der Waals surface area contributed by atoms with Crippen LogP contribution in [-0.4, -0.2) is 9.49 Å². The summed E-state index contributed by atoms with van der Waals surface area (Å²) in [6.45, 7) is 4.42. The van der Waals surface area contributed by atoms with Crippen LogP contribution in [0.2, 0.25) is 0 Å². The van der Waals surface area contributed by atoms with Crippen LogP contribution in [0.15, 0.2) is 77.6 Å². The highest BCUT2D eigenvalue weighted by Gasteiger charge is 2.08. The van der Waals surface area contributed by atoms with E-state index in [0.717, 1.165) is 16.1 Å². The van der Waals surface area contributed by atoms with Gasteiger partial charge in [-0.15, -0.1) is 17.9 Å². The van der Waals surface area contributed by atoms with Crippen LogP contribution in [0.1, 0.15) is 0 Å². The molecule has 0 atom stereocenters. The average molecular weight is 337 g/mol. The first kappa shape index (κ1) is 15.9. The minimum absolute atomic E-state index is 0.0337. The van der Waals surface area contributed by atoms with E-state index in [4.69, 9.17) is 0 Å². The van der Waals surface area contributed by atoms with Crippen molar-refractivity contribution in [2.24, 2.45) is 4.99 Å². The van der Waals surface area contributed by atoms with E-state index in [9.17, 15) is 10.1 Å². The molecule has 3 rings (SSSR count). The van der Waals surface area contributed by atoms with Crippen LogP contribution in [0.25, 0.3) is 11.3 Å². The molecule has 6 heteroatoms. The Bertz CT molecular complexity index is 942. The molecule has 120 valence electrons. The normalized spacial score (nSPS) is 11.4. The van der Waals surface area contributed by atoms with Gasteiger partial charge in [-0.1, -0.05) is 42.5 Å². The SMILES string of the molecule is C=CCn1c(-c2ccccc2)csc1=Nc1cccc([N+](=O)[O-])c1. The smallest absolute Gasteiger partial charge is 0.271 e. The minimum atomic E-state index is -0.416. The second-order valence-corrected chi connectivity index (χ2v) is 5.89. The quantitative estimate of drug-likeness (QED) is 0.390. The van der Waals surface area contributed by atoms with Gasteiger partial charge in [-0.3, -0.25) is 10.1 Å². The summed E-state index contributed by atoms with van der Waals surface area (Å²) in [5.41, 5.74) is 2.73. The van der Waals surface area contributed by atoms with E-state index < -0.39 is 4.92 Å². The molecule has 5 nitrogen and oxygen atoms in total. The summed E-state index contributed by atoms with van der Waals surface area (Å²) in [6.07, 6.45) is 1.81. The molecule has 1 heterocycles. The summed E-state index contributed by atoms with van der Waals surface area (Å²) >= 11 is 1.50. The Morgan fingerprint density at radius 2 is 2.00 bits per heavy atom. The van der Waals surface area contributed by atoms with Gasteiger partial charge >= 0.3 is 0 Å². The topological polar surface area (TPSA) is 60.4 Å². The van der Waals surface area contributed by atoms with E-state index in [-0.39, 0.29) is 5.69 Å². The highest BCUT2D eigenvalue weighted by Crippen LogP contribution is 2.22. The fourth-order valence-corrected chi connectivity index (χ4v) is 3.29. The highest BCUT2D eigenvalue weighted by atomic mass is 32.1. The zero-order valence-electron chi connectivity index (χ0n) is 12.8. The number of nitro groups is 1. The van der Waals surface area contributed by atoms with Gasteiger partial charge in [0.1, 0.15) is 0 Å². The fourth-order valence-electron chi connectivity index (χ4n) is 2.35. The number of allylic oxidation sites excluding steroid dienone is 1. The molecule has 24 heavy (non-hydrogen) atoms. The fraction of sp³-hybridized carbons (Fsp3) is 0.0556. The van der Waals surface area contributed by atoms with Crippen LogP contribution >= 0.6 is 11.3 Å². The molecule has 0 saturated carbocycles. The van der Waals surface area contributed by atoms with E-state index in [0.29, 0.717) is 12.2 Å². The molecule has 0 aliphatic rings. The Hall–Kier alpha value is -2.99. The summed E-state index contributed by atoms with van der Waals surface area (Å²) in [7, 11) is 0. The molecule has 0 fully saturated rings. The van der Waals surface area contributed by atoms with Gasteiger partial charge < -0.3 is 4.57 Å². The van der Waals surface area contributed by atoms with Crippen molar-refractivity contribution in [3.63, 3.8) is 0 Å². The number of nitrogens with zero attached hydrogens (tertiary/aromatic N) is 3. The lowest BCUT2D eigenvalue weighted by Gasteiger charge is -2.06. The van der Waals surface area contributed by atoms with Crippen LogP contribution < -0.4 is 4.80 Å². The van der Waals surface area contributed by atoms with Crippen molar-refractivity contribution in [3.05, 3.63) is 87.5 Å². The third kappa shape index (κ3) is 3.33. The van der Waals surface area contributed by atoms with Gasteiger partial charge in [-0.25, -0.2) is 4.99 Å². The lowest BCUT2D eigenvalue weighted by Crippen LogP contribution is -2.14. The molecular formula is C18H15N3O2S. The van der Waals surface area contributed by atoms with Crippen LogP contribution in [-0.2, 0) is 6.54 Å². The average Bonchev–Trinajstić information content (AvgIpc) is 2.99. The first-order chi connectivity index (χ1) is 11.7. The predicted octanol–water partition coefficient (Wildman–Crippen LogP) is 4.54. The zero-order valence-corrected chi connectivity index (χ0v) is 13.6. The van der Waals surface area contributed by atoms with Crippen molar-refractivity contribution in [3.8, 4) is 11.3 Å². The Morgan fingerprint density at radius 1 is 1.21 bits per heavy atom. The van der Waals surface area contributed by atoms with Crippen molar-refractivity contribution in [1.82, 2.24) is 4.57 Å². The maximum Gasteiger partial charge on any atom is 0.271 e. The minimum Gasteiger partial charge on any atom is -0.313 e. The van der Waals surface area contributed by atoms with Crippen LogP contribution in [0.5, 0.6) is 0 Å². The Labute approximate surface area is 143 Å². The molecule has 0 N–H and O–H groups in total. The molecule has 0 bridgehead atoms. The zero-order chi connectivity index (χ0) is 16.9. The molecule has 3 aromatic rings. The Kier molecular flexibility index (Phi) is 4.67. The standard InChI is InChI=1S/C18H15N3O2S/c1-2-11-20-17(14-7-4-3-5-8-14)13-24-18(20)19-15-9-6-10-16(12-15)21(22)23/h2-10,12-13H,1,11H2. The maximum atomic E-state index is 10.9. The monoisotopic (exact) mass is 337 g/mol. The van der Waals surface area contributed by atoms with E-state index in [1.807, 2.05) is 46.4 Å². The van der Waals surface area contributed by atoms with Gasteiger partial charge in [-0.05, 0) is 11.6 Å². The summed E-state index contributed by atoms with van der Waals surface area (Å²) in [5, 5.41) is 12.9. The highest BCUT2D eigenvalue weighted by molar-refractivity contribution is 7.07. The predicted molar refractivity (Wildman–Crippen MR) is 96.3 cm³/mol. The largest absolute Gasteiger partial charge is 0.313 e. The first-order valence-corrected chi connectivity index (χ1v) is 8.21. The molecule has 0 aliphatic heterocycles. The summed E-state index contributed by atoms with van der Waals surface area (Å²) in [5.74, 6) is 0. The van der Waals surface area contributed by atoms with E-state index in [1.165, 1.54) is 23.5 Å². The number of benzene rings is 2. The number of thiazole rings is 1. The molecule has 2 aromatic carbocycles. The summed E-state index contributed by atoms with van der Waals surface area (Å²) in [4.78, 5) is 15.8. The van der Waals surface area contributed by atoms with Gasteiger partial charge in [0.25, 0.3) is 5.69 Å². The second-order valence-electron chi connectivity index (χ2n) is 5.06. The summed E-state index contributed by atoms with van der Waals surface area (Å²) < 4.78 is 2.05. The van der Waals surface area contributed by atoms with Crippen molar-refractivity contribution < 1.29 is 4.92 Å². The lowest BCUT2D eigenvalue weighted by atomic mass is 10.2. The van der Waals surface area contributed by atoms with Gasteiger partial charge in [0.2, 0.25) is 0 Å². The van der Waals surface area contributed by atoms with E-state index in [2.05, 4.69) is 11.6 Å². The first-order valence-electron chi connectivity index (χ1n) is 7.33.